The van der Waals surface area contributed by atoms with Gasteiger partial charge in [0.2, 0.25) is 11.8 Å². The van der Waals surface area contributed by atoms with Crippen molar-refractivity contribution in [3.63, 3.8) is 0 Å². The van der Waals surface area contributed by atoms with Crippen molar-refractivity contribution in [3.8, 4) is 0 Å². The molecule has 6 aliphatic heterocycles. The van der Waals surface area contributed by atoms with Crippen molar-refractivity contribution in [2.45, 2.75) is 236 Å². The summed E-state index contributed by atoms with van der Waals surface area (Å²) in [5.74, 6) is -1.56. The summed E-state index contributed by atoms with van der Waals surface area (Å²) in [4.78, 5) is 30.1. The monoisotopic (exact) mass is 1280 g/mol. The van der Waals surface area contributed by atoms with Crippen LogP contribution in [0, 0.1) is 0 Å². The fourth-order valence-corrected chi connectivity index (χ4v) is 10.9. The predicted octanol–water partition coefficient (Wildman–Crippen LogP) is -12.8. The average molecular weight is 1280 g/mol. The SMILES string of the molecule is CC(=O)N[C@H]1[C@@H](O[C@H]2[C@@H](O)[C@@H](CO)O[C@@H](O[C@@H]3[C@@H](NC(C)=O)[C@H](O[C@H]4[C@@H](O)[C@@H](CO)O[C@@H](O[C@@H]([C@H](O)[C@@H](O)CNc5ccccn5)[C@H](O)CO)[C@@H]4O)O[C@H](CO)[C@H]3O[C@@H]3O[C@@H](C)[C@@H](O)[C@@H](O)[C@@H]3O)[C@@H]2O[C@@H]2O[C@@H](C)[C@@H](O)[C@@H](O)[C@@H]2O)O[C@H](CO)[C@H](O)[C@@H]1O. The van der Waals surface area contributed by atoms with Gasteiger partial charge < -0.3 is 170 Å². The lowest BCUT2D eigenvalue weighted by atomic mass is 9.93. The van der Waals surface area contributed by atoms with Gasteiger partial charge in [0.15, 0.2) is 37.7 Å². The second-order valence-corrected chi connectivity index (χ2v) is 22.2. The normalized spacial score (nSPS) is 44.7. The number of nitrogens with zero attached hydrogens (tertiary/aromatic N) is 1. The van der Waals surface area contributed by atoms with Gasteiger partial charge in [-0.2, -0.15) is 0 Å². The van der Waals surface area contributed by atoms with Crippen molar-refractivity contribution in [1.82, 2.24) is 15.6 Å². The highest BCUT2D eigenvalue weighted by Gasteiger charge is 2.60. The number of hydrogen-bond donors (Lipinski definition) is 22. The quantitative estimate of drug-likeness (QED) is 0.0432. The van der Waals surface area contributed by atoms with Gasteiger partial charge in [0, 0.05) is 26.6 Å². The number of amides is 2. The highest BCUT2D eigenvalue weighted by molar-refractivity contribution is 5.73. The molecule has 2 amide bonds. The van der Waals surface area contributed by atoms with Gasteiger partial charge in [-0.05, 0) is 26.0 Å². The predicted molar refractivity (Wildman–Crippen MR) is 280 cm³/mol. The second kappa shape index (κ2) is 32.0. The van der Waals surface area contributed by atoms with E-state index in [0.29, 0.717) is 0 Å². The fourth-order valence-electron chi connectivity index (χ4n) is 10.9. The highest BCUT2D eigenvalue weighted by Crippen LogP contribution is 2.39. The van der Waals surface area contributed by atoms with E-state index in [1.807, 2.05) is 0 Å². The van der Waals surface area contributed by atoms with Crippen LogP contribution < -0.4 is 16.0 Å². The summed E-state index contributed by atoms with van der Waals surface area (Å²) < 4.78 is 72.8. The van der Waals surface area contributed by atoms with Gasteiger partial charge in [0.05, 0.1) is 51.3 Å². The van der Waals surface area contributed by atoms with Crippen molar-refractivity contribution in [2.75, 3.05) is 44.9 Å². The molecule has 22 N–H and O–H groups in total. The van der Waals surface area contributed by atoms with Crippen LogP contribution in [0.5, 0.6) is 0 Å². The molecule has 506 valence electrons. The van der Waals surface area contributed by atoms with Crippen LogP contribution in [0.25, 0.3) is 0 Å². The first kappa shape index (κ1) is 72.1. The van der Waals surface area contributed by atoms with E-state index in [9.17, 15) is 107 Å². The number of ether oxygens (including phenoxy) is 12. The molecule has 7 heterocycles. The number of pyridine rings is 1. The number of aromatic nitrogens is 1. The first-order valence-electron chi connectivity index (χ1n) is 28.3. The lowest BCUT2D eigenvalue weighted by molar-refractivity contribution is -0.408. The van der Waals surface area contributed by atoms with Gasteiger partial charge in [0.1, 0.15) is 158 Å². The summed E-state index contributed by atoms with van der Waals surface area (Å²) in [5, 5.41) is 217. The van der Waals surface area contributed by atoms with Gasteiger partial charge in [-0.1, -0.05) is 6.07 Å². The van der Waals surface area contributed by atoms with E-state index in [-0.39, 0.29) is 5.82 Å². The molecule has 7 rings (SSSR count). The van der Waals surface area contributed by atoms with E-state index in [2.05, 4.69) is 20.9 Å². The Bertz CT molecular complexity index is 2300. The van der Waals surface area contributed by atoms with Gasteiger partial charge in [-0.15, -0.1) is 0 Å². The summed E-state index contributed by atoms with van der Waals surface area (Å²) in [7, 11) is 0. The number of nitrogens with one attached hydrogen (secondary N) is 3. The summed E-state index contributed by atoms with van der Waals surface area (Å²) in [6, 6.07) is 0.975. The van der Waals surface area contributed by atoms with Crippen LogP contribution in [0.1, 0.15) is 27.7 Å². The number of carbonyl (C=O) groups excluding carboxylic acids is 2. The largest absolute Gasteiger partial charge is 0.394 e. The van der Waals surface area contributed by atoms with Crippen LogP contribution in [0.15, 0.2) is 24.4 Å². The zero-order valence-electron chi connectivity index (χ0n) is 47.8. The van der Waals surface area contributed by atoms with Crippen LogP contribution in [0.2, 0.25) is 0 Å². The molecule has 0 radical (unpaired) electrons. The van der Waals surface area contributed by atoms with E-state index < -0.39 is 260 Å². The lowest BCUT2D eigenvalue weighted by Gasteiger charge is -2.53. The molecule has 1 aromatic rings. The van der Waals surface area contributed by atoms with Gasteiger partial charge in [-0.3, -0.25) is 9.59 Å². The molecular formula is C51H84N4O33. The molecule has 0 unspecified atom stereocenters. The molecule has 0 bridgehead atoms. The minimum absolute atomic E-state index is 0.255. The Morgan fingerprint density at radius 2 is 0.943 bits per heavy atom. The fraction of sp³-hybridized carbons (Fsp3) is 0.863. The number of aliphatic hydroxyl groups excluding tert-OH is 19. The molecule has 6 aliphatic rings. The summed E-state index contributed by atoms with van der Waals surface area (Å²) in [5.41, 5.74) is 0. The van der Waals surface area contributed by atoms with Gasteiger partial charge in [0.25, 0.3) is 0 Å². The molecule has 34 atom stereocenters. The zero-order valence-corrected chi connectivity index (χ0v) is 47.8. The van der Waals surface area contributed by atoms with Crippen molar-refractivity contribution >= 4 is 17.6 Å². The number of anilines is 1. The minimum Gasteiger partial charge on any atom is -0.394 e. The van der Waals surface area contributed by atoms with Crippen LogP contribution in [-0.4, -0.2) is 362 Å². The Morgan fingerprint density at radius 1 is 0.477 bits per heavy atom. The highest BCUT2D eigenvalue weighted by atomic mass is 16.8. The van der Waals surface area contributed by atoms with Crippen molar-refractivity contribution in [1.29, 1.82) is 0 Å². The summed E-state index contributed by atoms with van der Waals surface area (Å²) in [6.45, 7) is -1.45. The van der Waals surface area contributed by atoms with Crippen LogP contribution in [0.3, 0.4) is 0 Å². The molecule has 6 fully saturated rings. The van der Waals surface area contributed by atoms with Crippen molar-refractivity contribution in [2.24, 2.45) is 0 Å². The number of rotatable bonds is 25. The molecule has 0 saturated carbocycles. The Morgan fingerprint density at radius 3 is 1.48 bits per heavy atom. The van der Waals surface area contributed by atoms with Crippen molar-refractivity contribution < 1.29 is 163 Å². The van der Waals surface area contributed by atoms with E-state index in [1.54, 1.807) is 12.1 Å². The van der Waals surface area contributed by atoms with E-state index in [0.717, 1.165) is 13.8 Å². The summed E-state index contributed by atoms with van der Waals surface area (Å²) in [6.07, 6.45) is -62.3. The number of hydrogen-bond acceptors (Lipinski definition) is 35. The molecule has 88 heavy (non-hydrogen) atoms. The molecule has 0 aliphatic carbocycles. The molecule has 37 heteroatoms. The third-order valence-electron chi connectivity index (χ3n) is 15.9. The topological polar surface area (TPSA) is 578 Å². The minimum atomic E-state index is -2.33. The number of carbonyl (C=O) groups is 2. The number of aliphatic hydroxyl groups is 19. The molecule has 6 saturated heterocycles. The Hall–Kier alpha value is -3.35. The van der Waals surface area contributed by atoms with Crippen LogP contribution in [0.4, 0.5) is 5.82 Å². The molecular weight excluding hydrogens is 1200 g/mol. The molecule has 0 aromatic carbocycles. The third kappa shape index (κ3) is 16.3. The van der Waals surface area contributed by atoms with Crippen molar-refractivity contribution in [3.05, 3.63) is 24.4 Å². The Balaban J connectivity index is 1.31. The van der Waals surface area contributed by atoms with E-state index in [4.69, 9.17) is 56.8 Å². The Kier molecular flexibility index (Phi) is 26.2. The zero-order chi connectivity index (χ0) is 64.7. The maximum Gasteiger partial charge on any atom is 0.217 e. The maximum absolute atomic E-state index is 13.5. The van der Waals surface area contributed by atoms with Gasteiger partial charge in [-0.25, -0.2) is 4.98 Å². The smallest absolute Gasteiger partial charge is 0.217 e. The molecule has 1 aromatic heterocycles. The molecule has 37 nitrogen and oxygen atoms in total. The lowest BCUT2D eigenvalue weighted by Crippen LogP contribution is -2.72. The maximum atomic E-state index is 13.5. The second-order valence-electron chi connectivity index (χ2n) is 22.2. The van der Waals surface area contributed by atoms with Crippen LogP contribution >= 0.6 is 0 Å². The molecule has 0 spiro atoms. The van der Waals surface area contributed by atoms with E-state index >= 15 is 0 Å². The Labute approximate surface area is 501 Å². The average Bonchev–Trinajstić information content (AvgIpc) is 0.929. The van der Waals surface area contributed by atoms with Crippen LogP contribution in [-0.2, 0) is 66.4 Å². The van der Waals surface area contributed by atoms with E-state index in [1.165, 1.54) is 26.1 Å². The first-order valence-corrected chi connectivity index (χ1v) is 28.3. The summed E-state index contributed by atoms with van der Waals surface area (Å²) >= 11 is 0. The first-order chi connectivity index (χ1) is 41.7. The standard InChI is InChI=1S/C51H84N4O33/c1-15-28(65)35(72)37(74)48(77-15)84-41-24(14-60)82-47(86-43-32(69)22(12-58)80-50(39(43)76)83-40(20(64)10-56)30(67)19(63)9-53-25-7-5-6-8-52-25)27(55-18(4)62)42(41)85-51-45(88-49-38(75)36(73)29(66)16(2)78-49)44(33(70)23(13-59)81-51)87-46-26(54-17(3)61)34(71)31(68)21(11-57)79-46/h5-8,15-16,19-24,26-51,56-60,63-76H,9-14H2,1-4H3,(H,52,53)(H,54,61)(H,55,62)/t15-,16-,19-,20+,21+,22+,23+,24+,26+,27+,28+,29+,30+,31-,32-,33-,34+,35+,36+,37-,38-,39+,40+,41+,42+,43-,44-,45+,46+,47-,48-,49-,50-,51-/m0/s1. The van der Waals surface area contributed by atoms with Gasteiger partial charge >= 0.3 is 0 Å². The third-order valence-corrected chi connectivity index (χ3v) is 15.9.